The number of hydrogen-bond acceptors (Lipinski definition) is 5. The highest BCUT2D eigenvalue weighted by atomic mass is 35.5. The van der Waals surface area contributed by atoms with Gasteiger partial charge in [-0.25, -0.2) is 4.90 Å². The van der Waals surface area contributed by atoms with Gasteiger partial charge in [0.05, 0.1) is 24.6 Å². The van der Waals surface area contributed by atoms with Crippen LogP contribution in [0.4, 0.5) is 11.4 Å². The number of para-hydroxylation sites is 1. The number of halogens is 1. The van der Waals surface area contributed by atoms with E-state index in [9.17, 15) is 14.4 Å². The van der Waals surface area contributed by atoms with Gasteiger partial charge in [0, 0.05) is 28.4 Å². The predicted molar refractivity (Wildman–Crippen MR) is 128 cm³/mol. The van der Waals surface area contributed by atoms with Gasteiger partial charge in [-0.15, -0.1) is 0 Å². The van der Waals surface area contributed by atoms with Gasteiger partial charge in [0.25, 0.3) is 0 Å². The number of benzene rings is 2. The van der Waals surface area contributed by atoms with Crippen LogP contribution in [0.25, 0.3) is 0 Å². The molecule has 3 saturated heterocycles. The quantitative estimate of drug-likeness (QED) is 0.680. The lowest BCUT2D eigenvalue weighted by molar-refractivity contribution is -0.135. The Morgan fingerprint density at radius 1 is 1.21 bits per heavy atom. The van der Waals surface area contributed by atoms with E-state index in [4.69, 9.17) is 16.3 Å². The number of nitrogens with zero attached hydrogens (tertiary/aromatic N) is 2. The number of anilines is 2. The Morgan fingerprint density at radius 3 is 2.74 bits per heavy atom. The molecular weight excluding hydrogens is 454 g/mol. The number of hydrogen-bond donors (Lipinski definition) is 1. The average Bonchev–Trinajstić information content (AvgIpc) is 3.53. The maximum Gasteiger partial charge on any atom is 0.250 e. The molecule has 176 valence electrons. The lowest BCUT2D eigenvalue weighted by Gasteiger charge is -2.36. The summed E-state index contributed by atoms with van der Waals surface area (Å²) in [7, 11) is 1.49. The van der Waals surface area contributed by atoms with Crippen molar-refractivity contribution in [2.75, 3.05) is 23.9 Å². The molecule has 0 unspecified atom stereocenters. The predicted octanol–water partition coefficient (Wildman–Crippen LogP) is 3.65. The van der Waals surface area contributed by atoms with Gasteiger partial charge in [-0.1, -0.05) is 36.7 Å². The lowest BCUT2D eigenvalue weighted by atomic mass is 9.75. The standard InChI is InChI=1S/C26H26ClN3O4/c1-4-14-7-5-8-15-22(14)28-25(33)26(15)21-20(17-9-6-10-29(17)26)23(31)30(24(21)32)18-11-13(2)16(27)12-19(18)34-3/h5,7-8,11-12,17,20-21H,4,6,9-10H2,1-3H3,(H,28,33)/t17-,20-,21-,26-/m0/s1. The summed E-state index contributed by atoms with van der Waals surface area (Å²) in [6.45, 7) is 4.55. The molecule has 8 heteroatoms. The third kappa shape index (κ3) is 2.44. The number of fused-ring (bicyclic) bond motifs is 7. The number of carbonyl (C=O) groups is 3. The molecule has 4 aliphatic heterocycles. The third-order valence-corrected chi connectivity index (χ3v) is 8.60. The molecule has 0 aliphatic carbocycles. The number of nitrogens with one attached hydrogen (secondary N) is 1. The highest BCUT2D eigenvalue weighted by Crippen LogP contribution is 2.61. The van der Waals surface area contributed by atoms with Gasteiger partial charge in [0.1, 0.15) is 11.3 Å². The highest BCUT2D eigenvalue weighted by Gasteiger charge is 2.74. The van der Waals surface area contributed by atoms with Crippen LogP contribution in [-0.4, -0.2) is 42.3 Å². The Kier molecular flexibility index (Phi) is 4.64. The molecule has 3 amide bonds. The van der Waals surface area contributed by atoms with E-state index in [2.05, 4.69) is 10.2 Å². The first-order valence-corrected chi connectivity index (χ1v) is 12.2. The summed E-state index contributed by atoms with van der Waals surface area (Å²) >= 11 is 6.29. The topological polar surface area (TPSA) is 79.0 Å². The first kappa shape index (κ1) is 21.6. The summed E-state index contributed by atoms with van der Waals surface area (Å²) < 4.78 is 5.50. The SMILES string of the molecule is CCc1cccc2c1NC(=O)[C@@]21[C@@H]2C(=O)N(c3cc(C)c(Cl)cc3OC)C(=O)[C@H]2[C@@H]2CCCN21. The Bertz CT molecular complexity index is 1280. The lowest BCUT2D eigenvalue weighted by Crippen LogP contribution is -2.54. The summed E-state index contributed by atoms with van der Waals surface area (Å²) in [5.74, 6) is -1.84. The molecule has 0 aromatic heterocycles. The van der Waals surface area contributed by atoms with Crippen LogP contribution >= 0.6 is 11.6 Å². The Hall–Kier alpha value is -2.90. The minimum Gasteiger partial charge on any atom is -0.495 e. The van der Waals surface area contributed by atoms with E-state index < -0.39 is 17.4 Å². The average molecular weight is 480 g/mol. The van der Waals surface area contributed by atoms with Crippen LogP contribution in [0.15, 0.2) is 30.3 Å². The van der Waals surface area contributed by atoms with Crippen LogP contribution in [-0.2, 0) is 26.3 Å². The smallest absolute Gasteiger partial charge is 0.250 e. The summed E-state index contributed by atoms with van der Waals surface area (Å²) in [6, 6.07) is 9.08. The van der Waals surface area contributed by atoms with Crippen LogP contribution in [0.3, 0.4) is 0 Å². The summed E-state index contributed by atoms with van der Waals surface area (Å²) in [5.41, 5.74) is 2.59. The molecule has 6 rings (SSSR count). The van der Waals surface area contributed by atoms with Crippen LogP contribution in [0.1, 0.15) is 36.5 Å². The van der Waals surface area contributed by atoms with Crippen molar-refractivity contribution in [1.82, 2.24) is 4.90 Å². The molecule has 2 aromatic rings. The van der Waals surface area contributed by atoms with Gasteiger partial charge in [-0.3, -0.25) is 19.3 Å². The Morgan fingerprint density at radius 2 is 2.00 bits per heavy atom. The number of rotatable bonds is 3. The molecular formula is C26H26ClN3O4. The molecule has 0 bridgehead atoms. The first-order valence-electron chi connectivity index (χ1n) is 11.8. The van der Waals surface area contributed by atoms with Crippen molar-refractivity contribution in [2.45, 2.75) is 44.7 Å². The number of methoxy groups -OCH3 is 1. The summed E-state index contributed by atoms with van der Waals surface area (Å²) in [5, 5.41) is 3.59. The molecule has 4 aliphatic rings. The molecule has 3 fully saturated rings. The van der Waals surface area contributed by atoms with Crippen LogP contribution < -0.4 is 15.0 Å². The molecule has 34 heavy (non-hydrogen) atoms. The molecule has 4 heterocycles. The zero-order valence-electron chi connectivity index (χ0n) is 19.4. The number of carbonyl (C=O) groups excluding carboxylic acids is 3. The third-order valence-electron chi connectivity index (χ3n) is 8.20. The van der Waals surface area contributed by atoms with E-state index in [0.29, 0.717) is 23.0 Å². The fraction of sp³-hybridized carbons (Fsp3) is 0.423. The number of aryl methyl sites for hydroxylation is 2. The van der Waals surface area contributed by atoms with Crippen molar-refractivity contribution in [2.24, 2.45) is 11.8 Å². The fourth-order valence-electron chi connectivity index (χ4n) is 6.81. The zero-order valence-corrected chi connectivity index (χ0v) is 20.1. The van der Waals surface area contributed by atoms with E-state index in [-0.39, 0.29) is 23.8 Å². The van der Waals surface area contributed by atoms with E-state index in [1.54, 1.807) is 12.1 Å². The monoisotopic (exact) mass is 479 g/mol. The van der Waals surface area contributed by atoms with Crippen molar-refractivity contribution in [3.8, 4) is 5.75 Å². The summed E-state index contributed by atoms with van der Waals surface area (Å²) in [6.07, 6.45) is 2.43. The molecule has 1 spiro atoms. The first-order chi connectivity index (χ1) is 16.4. The van der Waals surface area contributed by atoms with Crippen molar-refractivity contribution in [1.29, 1.82) is 0 Å². The number of amides is 3. The second kappa shape index (κ2) is 7.30. The summed E-state index contributed by atoms with van der Waals surface area (Å²) in [4.78, 5) is 45.3. The van der Waals surface area contributed by atoms with Crippen molar-refractivity contribution < 1.29 is 19.1 Å². The van der Waals surface area contributed by atoms with E-state index in [0.717, 1.165) is 41.6 Å². The second-order valence-electron chi connectivity index (χ2n) is 9.61. The van der Waals surface area contributed by atoms with E-state index in [1.807, 2.05) is 32.0 Å². The largest absolute Gasteiger partial charge is 0.495 e. The number of ether oxygens (including phenoxy) is 1. The van der Waals surface area contributed by atoms with E-state index in [1.165, 1.54) is 12.0 Å². The van der Waals surface area contributed by atoms with Gasteiger partial charge in [0.15, 0.2) is 0 Å². The van der Waals surface area contributed by atoms with Gasteiger partial charge >= 0.3 is 0 Å². The van der Waals surface area contributed by atoms with Crippen LogP contribution in [0.2, 0.25) is 5.02 Å². The van der Waals surface area contributed by atoms with Gasteiger partial charge < -0.3 is 10.1 Å². The Balaban J connectivity index is 1.56. The van der Waals surface area contributed by atoms with Crippen molar-refractivity contribution in [3.63, 3.8) is 0 Å². The molecule has 0 saturated carbocycles. The molecule has 2 aromatic carbocycles. The maximum absolute atomic E-state index is 14.2. The van der Waals surface area contributed by atoms with Crippen LogP contribution in [0.5, 0.6) is 5.75 Å². The van der Waals surface area contributed by atoms with Gasteiger partial charge in [0.2, 0.25) is 17.7 Å². The highest BCUT2D eigenvalue weighted by molar-refractivity contribution is 6.32. The van der Waals surface area contributed by atoms with Crippen LogP contribution in [0, 0.1) is 18.8 Å². The van der Waals surface area contributed by atoms with Gasteiger partial charge in [-0.2, -0.15) is 0 Å². The van der Waals surface area contributed by atoms with Crippen molar-refractivity contribution >= 4 is 40.7 Å². The molecule has 4 atom stereocenters. The maximum atomic E-state index is 14.2. The minimum atomic E-state index is -1.18. The second-order valence-corrected chi connectivity index (χ2v) is 10.0. The van der Waals surface area contributed by atoms with Gasteiger partial charge in [-0.05, 0) is 49.9 Å². The molecule has 1 N–H and O–H groups in total. The molecule has 7 nitrogen and oxygen atoms in total. The Labute approximate surface area is 203 Å². The number of imide groups is 1. The fourth-order valence-corrected chi connectivity index (χ4v) is 6.96. The normalized spacial score (nSPS) is 29.6. The minimum absolute atomic E-state index is 0.159. The zero-order chi connectivity index (χ0) is 23.9. The molecule has 0 radical (unpaired) electrons. The van der Waals surface area contributed by atoms with E-state index >= 15 is 0 Å². The van der Waals surface area contributed by atoms with Crippen molar-refractivity contribution in [3.05, 3.63) is 52.0 Å².